The molecule has 0 saturated carbocycles. The van der Waals surface area contributed by atoms with Crippen LogP contribution in [0.2, 0.25) is 10.3 Å². The number of hydrogen-bond donors (Lipinski definition) is 1. The molecule has 0 spiro atoms. The van der Waals surface area contributed by atoms with Gasteiger partial charge >= 0.3 is 0 Å². The van der Waals surface area contributed by atoms with Crippen LogP contribution in [-0.4, -0.2) is 29.5 Å². The van der Waals surface area contributed by atoms with E-state index in [1.165, 1.54) is 0 Å². The monoisotopic (exact) mass is 247 g/mol. The molecule has 1 aromatic rings. The summed E-state index contributed by atoms with van der Waals surface area (Å²) in [7, 11) is 0. The Morgan fingerprint density at radius 1 is 1.27 bits per heavy atom. The van der Waals surface area contributed by atoms with Gasteiger partial charge in [0.2, 0.25) is 0 Å². The first-order valence-electron chi connectivity index (χ1n) is 4.79. The number of rotatable bonds is 2. The Labute approximate surface area is 97.9 Å². The molecule has 0 atom stereocenters. The van der Waals surface area contributed by atoms with E-state index in [0.717, 1.165) is 31.7 Å². The van der Waals surface area contributed by atoms with E-state index in [-0.39, 0.29) is 0 Å². The van der Waals surface area contributed by atoms with E-state index in [1.807, 2.05) is 0 Å². The van der Waals surface area contributed by atoms with Gasteiger partial charge in [-0.3, -0.25) is 0 Å². The lowest BCUT2D eigenvalue weighted by atomic mass is 10.1. The van der Waals surface area contributed by atoms with Crippen LogP contribution in [0.1, 0.15) is 12.8 Å². The molecule has 1 saturated heterocycles. The van der Waals surface area contributed by atoms with Gasteiger partial charge in [0, 0.05) is 25.3 Å². The van der Waals surface area contributed by atoms with Crippen LogP contribution in [0.4, 0.5) is 5.69 Å². The van der Waals surface area contributed by atoms with Crippen molar-refractivity contribution in [1.29, 1.82) is 0 Å². The van der Waals surface area contributed by atoms with Crippen molar-refractivity contribution in [3.8, 4) is 0 Å². The van der Waals surface area contributed by atoms with E-state index in [4.69, 9.17) is 27.9 Å². The van der Waals surface area contributed by atoms with Gasteiger partial charge in [-0.15, -0.1) is 10.2 Å². The number of hydrogen-bond acceptors (Lipinski definition) is 4. The van der Waals surface area contributed by atoms with E-state index in [2.05, 4.69) is 15.5 Å². The molecule has 0 aliphatic carbocycles. The summed E-state index contributed by atoms with van der Waals surface area (Å²) in [5.74, 6) is 0. The van der Waals surface area contributed by atoms with Crippen LogP contribution in [0, 0.1) is 0 Å². The summed E-state index contributed by atoms with van der Waals surface area (Å²) >= 11 is 11.6. The van der Waals surface area contributed by atoms with Crippen LogP contribution in [0.25, 0.3) is 0 Å². The predicted octanol–water partition coefficient (Wildman–Crippen LogP) is 2.37. The summed E-state index contributed by atoms with van der Waals surface area (Å²) < 4.78 is 5.26. The Morgan fingerprint density at radius 2 is 2.00 bits per heavy atom. The number of nitrogens with one attached hydrogen (secondary N) is 1. The lowest BCUT2D eigenvalue weighted by molar-refractivity contribution is 0.0904. The van der Waals surface area contributed by atoms with Gasteiger partial charge in [0.15, 0.2) is 10.3 Å². The quantitative estimate of drug-likeness (QED) is 0.872. The van der Waals surface area contributed by atoms with Gasteiger partial charge < -0.3 is 10.1 Å². The minimum absolute atomic E-state index is 0.342. The molecule has 6 heteroatoms. The molecule has 1 fully saturated rings. The summed E-state index contributed by atoms with van der Waals surface area (Å²) in [5.41, 5.74) is 0.739. The van der Waals surface area contributed by atoms with Gasteiger partial charge in [0.05, 0.1) is 5.69 Å². The van der Waals surface area contributed by atoms with Crippen molar-refractivity contribution >= 4 is 28.9 Å². The number of nitrogens with zero attached hydrogens (tertiary/aromatic N) is 2. The third kappa shape index (κ3) is 2.93. The van der Waals surface area contributed by atoms with Crippen molar-refractivity contribution in [1.82, 2.24) is 10.2 Å². The van der Waals surface area contributed by atoms with Crippen molar-refractivity contribution in [2.75, 3.05) is 18.5 Å². The highest BCUT2D eigenvalue weighted by Crippen LogP contribution is 2.23. The second kappa shape index (κ2) is 4.96. The van der Waals surface area contributed by atoms with Crippen LogP contribution in [0.5, 0.6) is 0 Å². The second-order valence-electron chi connectivity index (χ2n) is 3.40. The number of anilines is 1. The van der Waals surface area contributed by atoms with Crippen molar-refractivity contribution < 1.29 is 4.74 Å². The minimum Gasteiger partial charge on any atom is -0.381 e. The number of halogens is 2. The van der Waals surface area contributed by atoms with E-state index >= 15 is 0 Å². The summed E-state index contributed by atoms with van der Waals surface area (Å²) in [6, 6.07) is 2.06. The first-order valence-corrected chi connectivity index (χ1v) is 5.54. The molecule has 1 aliphatic rings. The van der Waals surface area contributed by atoms with Crippen LogP contribution in [0.3, 0.4) is 0 Å². The van der Waals surface area contributed by atoms with Crippen molar-refractivity contribution in [3.05, 3.63) is 16.4 Å². The average molecular weight is 248 g/mol. The molecule has 15 heavy (non-hydrogen) atoms. The second-order valence-corrected chi connectivity index (χ2v) is 4.15. The van der Waals surface area contributed by atoms with Gasteiger partial charge in [0.25, 0.3) is 0 Å². The van der Waals surface area contributed by atoms with E-state index in [9.17, 15) is 0 Å². The summed E-state index contributed by atoms with van der Waals surface area (Å²) in [5, 5.41) is 11.4. The average Bonchev–Trinajstić information content (AvgIpc) is 2.25. The largest absolute Gasteiger partial charge is 0.381 e. The normalized spacial score (nSPS) is 17.7. The van der Waals surface area contributed by atoms with E-state index < -0.39 is 0 Å². The zero-order valence-electron chi connectivity index (χ0n) is 8.04. The molecule has 0 aromatic carbocycles. The highest BCUT2D eigenvalue weighted by Gasteiger charge is 2.15. The standard InChI is InChI=1S/C9H11Cl2N3O/c10-8-5-7(9(11)14-13-8)12-6-1-3-15-4-2-6/h5-6H,1-4H2,(H,12,13). The van der Waals surface area contributed by atoms with Crippen LogP contribution >= 0.6 is 23.2 Å². The molecular formula is C9H11Cl2N3O. The fourth-order valence-electron chi connectivity index (χ4n) is 1.52. The molecular weight excluding hydrogens is 237 g/mol. The SMILES string of the molecule is Clc1cc(NC2CCOCC2)c(Cl)nn1. The van der Waals surface area contributed by atoms with Crippen molar-refractivity contribution in [2.24, 2.45) is 0 Å². The molecule has 2 heterocycles. The van der Waals surface area contributed by atoms with Crippen LogP contribution < -0.4 is 5.32 Å². The molecule has 0 amide bonds. The molecule has 4 nitrogen and oxygen atoms in total. The molecule has 0 radical (unpaired) electrons. The van der Waals surface area contributed by atoms with Gasteiger partial charge in [-0.05, 0) is 12.8 Å². The maximum absolute atomic E-state index is 5.89. The smallest absolute Gasteiger partial charge is 0.174 e. The zero-order chi connectivity index (χ0) is 10.7. The summed E-state index contributed by atoms with van der Waals surface area (Å²) in [6.07, 6.45) is 1.94. The van der Waals surface area contributed by atoms with E-state index in [0.29, 0.717) is 16.3 Å². The van der Waals surface area contributed by atoms with Gasteiger partial charge in [-0.2, -0.15) is 0 Å². The topological polar surface area (TPSA) is 47.0 Å². The molecule has 0 bridgehead atoms. The van der Waals surface area contributed by atoms with Crippen molar-refractivity contribution in [3.63, 3.8) is 0 Å². The Kier molecular flexibility index (Phi) is 3.61. The molecule has 1 N–H and O–H groups in total. The number of ether oxygens (including phenoxy) is 1. The third-order valence-corrected chi connectivity index (χ3v) is 2.76. The maximum atomic E-state index is 5.89. The summed E-state index contributed by atoms with van der Waals surface area (Å²) in [6.45, 7) is 1.56. The van der Waals surface area contributed by atoms with E-state index in [1.54, 1.807) is 6.07 Å². The molecule has 0 unspecified atom stereocenters. The molecule has 82 valence electrons. The fourth-order valence-corrected chi connectivity index (χ4v) is 1.81. The first-order chi connectivity index (χ1) is 7.25. The van der Waals surface area contributed by atoms with Crippen molar-refractivity contribution in [2.45, 2.75) is 18.9 Å². The Bertz CT molecular complexity index is 342. The van der Waals surface area contributed by atoms with Gasteiger partial charge in [0.1, 0.15) is 0 Å². The van der Waals surface area contributed by atoms with Gasteiger partial charge in [-0.25, -0.2) is 0 Å². The lowest BCUT2D eigenvalue weighted by Crippen LogP contribution is -2.28. The third-order valence-electron chi connectivity index (χ3n) is 2.30. The Balaban J connectivity index is 2.05. The zero-order valence-corrected chi connectivity index (χ0v) is 9.55. The first kappa shape index (κ1) is 10.9. The summed E-state index contributed by atoms with van der Waals surface area (Å²) in [4.78, 5) is 0. The fraction of sp³-hybridized carbons (Fsp3) is 0.556. The highest BCUT2D eigenvalue weighted by atomic mass is 35.5. The Morgan fingerprint density at radius 3 is 2.73 bits per heavy atom. The molecule has 2 rings (SSSR count). The highest BCUT2D eigenvalue weighted by molar-refractivity contribution is 6.33. The van der Waals surface area contributed by atoms with Crippen LogP contribution in [0.15, 0.2) is 6.07 Å². The lowest BCUT2D eigenvalue weighted by Gasteiger charge is -2.24. The Hall–Kier alpha value is -0.580. The predicted molar refractivity (Wildman–Crippen MR) is 59.5 cm³/mol. The number of aromatic nitrogens is 2. The maximum Gasteiger partial charge on any atom is 0.174 e. The van der Waals surface area contributed by atoms with Crippen LogP contribution in [-0.2, 0) is 4.74 Å². The molecule has 1 aliphatic heterocycles. The molecule has 1 aromatic heterocycles. The van der Waals surface area contributed by atoms with Gasteiger partial charge in [-0.1, -0.05) is 23.2 Å². The minimum atomic E-state index is 0.342.